The van der Waals surface area contributed by atoms with E-state index in [1.54, 1.807) is 0 Å². The van der Waals surface area contributed by atoms with Gasteiger partial charge in [0.25, 0.3) is 0 Å². The van der Waals surface area contributed by atoms with E-state index < -0.39 is 5.97 Å². The van der Waals surface area contributed by atoms with E-state index in [2.05, 4.69) is 10.1 Å². The first-order chi connectivity index (χ1) is 8.74. The lowest BCUT2D eigenvalue weighted by Gasteiger charge is -2.36. The summed E-state index contributed by atoms with van der Waals surface area (Å²) in [5, 5.41) is 12.3. The van der Waals surface area contributed by atoms with Crippen LogP contribution >= 0.6 is 0 Å². The van der Waals surface area contributed by atoms with Crippen molar-refractivity contribution in [2.45, 2.75) is 38.0 Å². The number of nitrogens with zero attached hydrogens (tertiary/aromatic N) is 2. The zero-order valence-electron chi connectivity index (χ0n) is 10.0. The van der Waals surface area contributed by atoms with Crippen molar-refractivity contribution in [1.29, 1.82) is 0 Å². The summed E-state index contributed by atoms with van der Waals surface area (Å²) < 4.78 is 10.8. The molecule has 3 rings (SSSR count). The van der Waals surface area contributed by atoms with E-state index in [-0.39, 0.29) is 5.69 Å². The minimum Gasteiger partial charge on any atom is -0.476 e. The number of aromatic carboxylic acids is 1. The summed E-state index contributed by atoms with van der Waals surface area (Å²) in [5.41, 5.74) is -0.0266. The van der Waals surface area contributed by atoms with Crippen LogP contribution in [0.3, 0.4) is 0 Å². The Bertz CT molecular complexity index is 445. The van der Waals surface area contributed by atoms with Gasteiger partial charge in [0.05, 0.1) is 19.3 Å². The number of rotatable bonds is 3. The van der Waals surface area contributed by atoms with Crippen LogP contribution in [0.4, 0.5) is 0 Å². The van der Waals surface area contributed by atoms with Gasteiger partial charge < -0.3 is 14.4 Å². The van der Waals surface area contributed by atoms with Crippen LogP contribution in [0.15, 0.2) is 10.6 Å². The molecule has 0 spiro atoms. The average molecular weight is 252 g/mol. The van der Waals surface area contributed by atoms with E-state index in [0.29, 0.717) is 24.5 Å². The fourth-order valence-electron chi connectivity index (χ4n) is 2.89. The third-order valence-electron chi connectivity index (χ3n) is 3.73. The molecule has 98 valence electrons. The highest BCUT2D eigenvalue weighted by Crippen LogP contribution is 2.30. The van der Waals surface area contributed by atoms with Crippen molar-refractivity contribution >= 4 is 5.97 Å². The molecule has 6 nitrogen and oxygen atoms in total. The van der Waals surface area contributed by atoms with E-state index in [1.165, 1.54) is 12.5 Å². The molecule has 1 aromatic rings. The van der Waals surface area contributed by atoms with Gasteiger partial charge in [-0.05, 0) is 19.3 Å². The number of aromatic nitrogens is 1. The van der Waals surface area contributed by atoms with Crippen LogP contribution in [0.2, 0.25) is 0 Å². The van der Waals surface area contributed by atoms with Crippen molar-refractivity contribution in [2.24, 2.45) is 0 Å². The normalized spacial score (nSPS) is 28.2. The number of fused-ring (bicyclic) bond motifs is 1. The number of morpholine rings is 1. The summed E-state index contributed by atoms with van der Waals surface area (Å²) in [5.74, 6) is -0.439. The van der Waals surface area contributed by atoms with Gasteiger partial charge in [-0.3, -0.25) is 4.90 Å². The quantitative estimate of drug-likeness (QED) is 0.869. The molecule has 2 heterocycles. The van der Waals surface area contributed by atoms with Crippen molar-refractivity contribution in [1.82, 2.24) is 10.1 Å². The Kier molecular flexibility index (Phi) is 3.05. The molecule has 0 bridgehead atoms. The second-order valence-electron chi connectivity index (χ2n) is 4.86. The van der Waals surface area contributed by atoms with Crippen molar-refractivity contribution in [3.63, 3.8) is 0 Å². The van der Waals surface area contributed by atoms with Crippen molar-refractivity contribution < 1.29 is 19.2 Å². The van der Waals surface area contributed by atoms with Crippen LogP contribution in [0.1, 0.15) is 35.5 Å². The van der Waals surface area contributed by atoms with Gasteiger partial charge >= 0.3 is 5.97 Å². The van der Waals surface area contributed by atoms with E-state index in [4.69, 9.17) is 14.4 Å². The Balaban J connectivity index is 1.69. The summed E-state index contributed by atoms with van der Waals surface area (Å²) in [7, 11) is 0. The van der Waals surface area contributed by atoms with Gasteiger partial charge in [-0.25, -0.2) is 4.79 Å². The molecule has 2 unspecified atom stereocenters. The molecule has 1 aliphatic carbocycles. The van der Waals surface area contributed by atoms with Gasteiger partial charge in [-0.1, -0.05) is 5.16 Å². The molecular weight excluding hydrogens is 236 g/mol. The summed E-state index contributed by atoms with van der Waals surface area (Å²) in [6, 6.07) is 1.94. The molecule has 1 aliphatic heterocycles. The molecule has 18 heavy (non-hydrogen) atoms. The lowest BCUT2D eigenvalue weighted by Crippen LogP contribution is -2.47. The first-order valence-corrected chi connectivity index (χ1v) is 6.28. The van der Waals surface area contributed by atoms with Gasteiger partial charge in [-0.2, -0.15) is 0 Å². The number of carboxylic acid groups (broad SMARTS) is 1. The minimum atomic E-state index is -1.05. The van der Waals surface area contributed by atoms with Crippen LogP contribution in [0, 0.1) is 0 Å². The molecule has 1 aromatic heterocycles. The molecule has 0 aromatic carbocycles. The van der Waals surface area contributed by atoms with Crippen molar-refractivity contribution in [3.8, 4) is 0 Å². The maximum atomic E-state index is 10.7. The topological polar surface area (TPSA) is 75.8 Å². The molecule has 1 N–H and O–H groups in total. The smallest absolute Gasteiger partial charge is 0.358 e. The maximum absolute atomic E-state index is 10.7. The van der Waals surface area contributed by atoms with Crippen LogP contribution in [-0.4, -0.2) is 46.4 Å². The Morgan fingerprint density at radius 2 is 2.44 bits per heavy atom. The summed E-state index contributed by atoms with van der Waals surface area (Å²) >= 11 is 0. The first kappa shape index (κ1) is 11.7. The van der Waals surface area contributed by atoms with E-state index in [0.717, 1.165) is 26.0 Å². The van der Waals surface area contributed by atoms with E-state index in [1.807, 2.05) is 0 Å². The Morgan fingerprint density at radius 3 is 3.22 bits per heavy atom. The Morgan fingerprint density at radius 1 is 1.56 bits per heavy atom. The number of carboxylic acids is 1. The Hall–Kier alpha value is -1.40. The van der Waals surface area contributed by atoms with E-state index >= 15 is 0 Å². The number of carbonyl (C=O) groups is 1. The second-order valence-corrected chi connectivity index (χ2v) is 4.86. The second kappa shape index (κ2) is 4.70. The third-order valence-corrected chi connectivity index (χ3v) is 3.73. The summed E-state index contributed by atoms with van der Waals surface area (Å²) in [4.78, 5) is 13.0. The molecule has 6 heteroatoms. The lowest BCUT2D eigenvalue weighted by atomic mass is 10.1. The molecule has 2 aliphatic rings. The van der Waals surface area contributed by atoms with Gasteiger partial charge in [0.2, 0.25) is 0 Å². The number of hydrogen-bond acceptors (Lipinski definition) is 5. The maximum Gasteiger partial charge on any atom is 0.358 e. The highest BCUT2D eigenvalue weighted by Gasteiger charge is 2.36. The fraction of sp³-hybridized carbons (Fsp3) is 0.667. The van der Waals surface area contributed by atoms with Crippen LogP contribution in [-0.2, 0) is 11.3 Å². The molecule has 2 fully saturated rings. The molecule has 1 saturated heterocycles. The molecule has 0 radical (unpaired) electrons. The molecule has 1 saturated carbocycles. The largest absolute Gasteiger partial charge is 0.476 e. The Labute approximate surface area is 104 Å². The van der Waals surface area contributed by atoms with E-state index in [9.17, 15) is 4.79 Å². The standard InChI is InChI=1S/C12H16N2O4/c15-12(16)9-6-8(18-13-9)7-14-4-5-17-11-3-1-2-10(11)14/h6,10-11H,1-5,7H2,(H,15,16). The SMILES string of the molecule is O=C(O)c1cc(CN2CCOC3CCCC32)on1. The third kappa shape index (κ3) is 2.13. The monoisotopic (exact) mass is 252 g/mol. The van der Waals surface area contributed by atoms with Crippen LogP contribution in [0.25, 0.3) is 0 Å². The van der Waals surface area contributed by atoms with Crippen molar-refractivity contribution in [2.75, 3.05) is 13.2 Å². The fourth-order valence-corrected chi connectivity index (χ4v) is 2.89. The van der Waals surface area contributed by atoms with Crippen molar-refractivity contribution in [3.05, 3.63) is 17.5 Å². The summed E-state index contributed by atoms with van der Waals surface area (Å²) in [6.45, 7) is 2.22. The van der Waals surface area contributed by atoms with Crippen LogP contribution < -0.4 is 0 Å². The summed E-state index contributed by atoms with van der Waals surface area (Å²) in [6.07, 6.45) is 3.80. The first-order valence-electron chi connectivity index (χ1n) is 6.28. The van der Waals surface area contributed by atoms with Crippen LogP contribution in [0.5, 0.6) is 0 Å². The highest BCUT2D eigenvalue weighted by atomic mass is 16.5. The van der Waals surface area contributed by atoms with Gasteiger partial charge in [0, 0.05) is 18.7 Å². The predicted octanol–water partition coefficient (Wildman–Crippen LogP) is 1.13. The molecular formula is C12H16N2O4. The molecule has 2 atom stereocenters. The minimum absolute atomic E-state index is 0.0266. The number of ether oxygens (including phenoxy) is 1. The molecule has 0 amide bonds. The highest BCUT2D eigenvalue weighted by molar-refractivity contribution is 5.85. The predicted molar refractivity (Wildman–Crippen MR) is 61.3 cm³/mol. The lowest BCUT2D eigenvalue weighted by molar-refractivity contribution is -0.0610. The van der Waals surface area contributed by atoms with Gasteiger partial charge in [0.15, 0.2) is 11.5 Å². The average Bonchev–Trinajstić information content (AvgIpc) is 2.97. The number of hydrogen-bond donors (Lipinski definition) is 1. The zero-order chi connectivity index (χ0) is 12.5. The van der Waals surface area contributed by atoms with Gasteiger partial charge in [-0.15, -0.1) is 0 Å². The van der Waals surface area contributed by atoms with Gasteiger partial charge in [0.1, 0.15) is 0 Å². The zero-order valence-corrected chi connectivity index (χ0v) is 10.0.